The van der Waals surface area contributed by atoms with Crippen molar-refractivity contribution in [2.75, 3.05) is 0 Å². The Labute approximate surface area is 62.2 Å². The molecule has 60 valence electrons. The van der Waals surface area contributed by atoms with E-state index >= 15 is 0 Å². The first kappa shape index (κ1) is 9.47. The Morgan fingerprint density at radius 1 is 1.30 bits per heavy atom. The van der Waals surface area contributed by atoms with Crippen molar-refractivity contribution < 1.29 is 9.90 Å². The van der Waals surface area contributed by atoms with Gasteiger partial charge in [0.05, 0.1) is 5.92 Å². The maximum Gasteiger partial charge on any atom is 0.306 e. The summed E-state index contributed by atoms with van der Waals surface area (Å²) >= 11 is 0. The summed E-state index contributed by atoms with van der Waals surface area (Å²) in [5, 5.41) is 8.49. The highest BCUT2D eigenvalue weighted by molar-refractivity contribution is 5.69. The van der Waals surface area contributed by atoms with E-state index < -0.39 is 5.97 Å². The molecule has 2 heteroatoms. The summed E-state index contributed by atoms with van der Waals surface area (Å²) in [4.78, 5) is 10.3. The summed E-state index contributed by atoms with van der Waals surface area (Å²) in [5.41, 5.74) is 0. The highest BCUT2D eigenvalue weighted by atomic mass is 16.4. The summed E-state index contributed by atoms with van der Waals surface area (Å²) in [5.74, 6) is -0.246. The molecule has 2 nitrogen and oxygen atoms in total. The minimum Gasteiger partial charge on any atom is -0.481 e. The van der Waals surface area contributed by atoms with Crippen LogP contribution in [0.25, 0.3) is 0 Å². The van der Waals surface area contributed by atoms with Gasteiger partial charge in [-0.2, -0.15) is 0 Å². The molecule has 0 aromatic carbocycles. The monoisotopic (exact) mass is 144 g/mol. The molecule has 0 saturated carbocycles. The van der Waals surface area contributed by atoms with Crippen LogP contribution >= 0.6 is 0 Å². The molecule has 1 atom stereocenters. The van der Waals surface area contributed by atoms with E-state index in [2.05, 4.69) is 13.8 Å². The van der Waals surface area contributed by atoms with Gasteiger partial charge >= 0.3 is 5.97 Å². The van der Waals surface area contributed by atoms with Gasteiger partial charge in [-0.05, 0) is 12.3 Å². The smallest absolute Gasteiger partial charge is 0.306 e. The van der Waals surface area contributed by atoms with E-state index in [1.807, 2.05) is 0 Å². The van der Waals surface area contributed by atoms with Crippen LogP contribution in [0.2, 0.25) is 0 Å². The molecular formula is C8H16O2. The zero-order chi connectivity index (χ0) is 8.15. The normalized spacial score (nSPS) is 13.6. The van der Waals surface area contributed by atoms with Crippen LogP contribution in [0.4, 0.5) is 0 Å². The summed E-state index contributed by atoms with van der Waals surface area (Å²) in [7, 11) is 0. The predicted molar refractivity (Wildman–Crippen MR) is 40.9 cm³/mol. The highest BCUT2D eigenvalue weighted by Gasteiger charge is 2.10. The van der Waals surface area contributed by atoms with Gasteiger partial charge in [0.1, 0.15) is 0 Å². The number of rotatable bonds is 4. The van der Waals surface area contributed by atoms with Crippen molar-refractivity contribution in [1.82, 2.24) is 0 Å². The van der Waals surface area contributed by atoms with Crippen LogP contribution in [-0.4, -0.2) is 11.1 Å². The standard InChI is InChI=1S/C8H16O2/c1-6(2)4-5-7(3)8(9)10/h6-7H,4-5H2,1-3H3,(H,9,10)/t7-/m0/s1. The van der Waals surface area contributed by atoms with Gasteiger partial charge in [-0.15, -0.1) is 0 Å². The molecule has 0 heterocycles. The largest absolute Gasteiger partial charge is 0.481 e. The SMILES string of the molecule is CC(C)CC[C@H](C)C(=O)O. The summed E-state index contributed by atoms with van der Waals surface area (Å²) < 4.78 is 0. The predicted octanol–water partition coefficient (Wildman–Crippen LogP) is 2.14. The average molecular weight is 144 g/mol. The second-order valence-electron chi connectivity index (χ2n) is 3.21. The second-order valence-corrected chi connectivity index (χ2v) is 3.21. The molecule has 0 aliphatic carbocycles. The Balaban J connectivity index is 3.40. The maximum absolute atomic E-state index is 10.3. The van der Waals surface area contributed by atoms with Gasteiger partial charge in [-0.1, -0.05) is 27.2 Å². The molecule has 0 unspecified atom stereocenters. The number of carbonyl (C=O) groups is 1. The van der Waals surface area contributed by atoms with E-state index in [-0.39, 0.29) is 5.92 Å². The van der Waals surface area contributed by atoms with Crippen molar-refractivity contribution >= 4 is 5.97 Å². The summed E-state index contributed by atoms with van der Waals surface area (Å²) in [6.07, 6.45) is 1.81. The zero-order valence-corrected chi connectivity index (χ0v) is 6.92. The van der Waals surface area contributed by atoms with E-state index in [1.165, 1.54) is 0 Å². The third-order valence-electron chi connectivity index (χ3n) is 1.60. The van der Waals surface area contributed by atoms with Crippen molar-refractivity contribution in [2.24, 2.45) is 11.8 Å². The fourth-order valence-electron chi connectivity index (χ4n) is 0.707. The second kappa shape index (κ2) is 4.31. The number of hydrogen-bond acceptors (Lipinski definition) is 1. The molecule has 0 aromatic rings. The Kier molecular flexibility index (Phi) is 4.08. The molecule has 0 bridgehead atoms. The van der Waals surface area contributed by atoms with Crippen LogP contribution in [0, 0.1) is 11.8 Å². The Bertz CT molecular complexity index is 108. The van der Waals surface area contributed by atoms with Gasteiger partial charge in [-0.3, -0.25) is 4.79 Å². The molecule has 0 aliphatic heterocycles. The summed E-state index contributed by atoms with van der Waals surface area (Å²) in [6, 6.07) is 0. The fraction of sp³-hybridized carbons (Fsp3) is 0.875. The summed E-state index contributed by atoms with van der Waals surface area (Å²) in [6.45, 7) is 5.97. The van der Waals surface area contributed by atoms with Crippen molar-refractivity contribution in [3.05, 3.63) is 0 Å². The molecule has 0 amide bonds. The molecule has 0 saturated heterocycles. The molecule has 10 heavy (non-hydrogen) atoms. The lowest BCUT2D eigenvalue weighted by atomic mass is 10.00. The lowest BCUT2D eigenvalue weighted by Gasteiger charge is -2.07. The van der Waals surface area contributed by atoms with Gasteiger partial charge in [0, 0.05) is 0 Å². The molecule has 0 aliphatic rings. The van der Waals surface area contributed by atoms with Crippen LogP contribution in [0.5, 0.6) is 0 Å². The zero-order valence-electron chi connectivity index (χ0n) is 6.92. The molecule has 0 radical (unpaired) electrons. The van der Waals surface area contributed by atoms with E-state index in [4.69, 9.17) is 5.11 Å². The number of aliphatic carboxylic acids is 1. The van der Waals surface area contributed by atoms with Crippen LogP contribution in [0.15, 0.2) is 0 Å². The van der Waals surface area contributed by atoms with E-state index in [0.717, 1.165) is 12.8 Å². The highest BCUT2D eigenvalue weighted by Crippen LogP contribution is 2.11. The molecule has 0 aromatic heterocycles. The first-order valence-corrected chi connectivity index (χ1v) is 3.76. The van der Waals surface area contributed by atoms with Crippen LogP contribution in [-0.2, 0) is 4.79 Å². The Morgan fingerprint density at radius 3 is 2.10 bits per heavy atom. The van der Waals surface area contributed by atoms with E-state index in [1.54, 1.807) is 6.92 Å². The molecule has 0 spiro atoms. The molecular weight excluding hydrogens is 128 g/mol. The quantitative estimate of drug-likeness (QED) is 0.656. The average Bonchev–Trinajstić information content (AvgIpc) is 1.82. The fourth-order valence-corrected chi connectivity index (χ4v) is 0.707. The Hall–Kier alpha value is -0.530. The number of hydrogen-bond donors (Lipinski definition) is 1. The van der Waals surface area contributed by atoms with Crippen molar-refractivity contribution in [1.29, 1.82) is 0 Å². The first-order chi connectivity index (χ1) is 4.54. The van der Waals surface area contributed by atoms with Gasteiger partial charge in [-0.25, -0.2) is 0 Å². The number of carboxylic acids is 1. The van der Waals surface area contributed by atoms with Crippen molar-refractivity contribution in [3.8, 4) is 0 Å². The Morgan fingerprint density at radius 2 is 1.80 bits per heavy atom. The maximum atomic E-state index is 10.3. The van der Waals surface area contributed by atoms with Gasteiger partial charge in [0.2, 0.25) is 0 Å². The van der Waals surface area contributed by atoms with E-state index in [0.29, 0.717) is 5.92 Å². The van der Waals surface area contributed by atoms with Gasteiger partial charge in [0.25, 0.3) is 0 Å². The molecule has 0 fully saturated rings. The molecule has 0 rings (SSSR count). The van der Waals surface area contributed by atoms with Crippen LogP contribution < -0.4 is 0 Å². The molecule has 1 N–H and O–H groups in total. The van der Waals surface area contributed by atoms with Gasteiger partial charge in [0.15, 0.2) is 0 Å². The third kappa shape index (κ3) is 4.36. The lowest BCUT2D eigenvalue weighted by Crippen LogP contribution is -2.09. The van der Waals surface area contributed by atoms with Crippen molar-refractivity contribution in [2.45, 2.75) is 33.6 Å². The third-order valence-corrected chi connectivity index (χ3v) is 1.60. The first-order valence-electron chi connectivity index (χ1n) is 3.76. The lowest BCUT2D eigenvalue weighted by molar-refractivity contribution is -0.141. The topological polar surface area (TPSA) is 37.3 Å². The van der Waals surface area contributed by atoms with Crippen molar-refractivity contribution in [3.63, 3.8) is 0 Å². The minimum atomic E-state index is -0.680. The van der Waals surface area contributed by atoms with Crippen LogP contribution in [0.1, 0.15) is 33.6 Å². The van der Waals surface area contributed by atoms with Crippen LogP contribution in [0.3, 0.4) is 0 Å². The van der Waals surface area contributed by atoms with E-state index in [9.17, 15) is 4.79 Å². The number of carboxylic acid groups (broad SMARTS) is 1. The van der Waals surface area contributed by atoms with Gasteiger partial charge < -0.3 is 5.11 Å². The minimum absolute atomic E-state index is 0.178.